The minimum Gasteiger partial charge on any atom is -0.478 e. The van der Waals surface area contributed by atoms with Crippen molar-refractivity contribution in [1.82, 2.24) is 14.9 Å². The Balaban J connectivity index is 1.99. The normalized spacial score (nSPS) is 17.3. The lowest BCUT2D eigenvalue weighted by atomic mass is 10.3. The number of alkyl halides is 1. The van der Waals surface area contributed by atoms with Crippen LogP contribution in [0.3, 0.4) is 0 Å². The van der Waals surface area contributed by atoms with Crippen molar-refractivity contribution < 1.29 is 4.74 Å². The Morgan fingerprint density at radius 3 is 2.95 bits per heavy atom. The number of nitrogens with zero attached hydrogens (tertiary/aromatic N) is 4. The van der Waals surface area contributed by atoms with Crippen LogP contribution in [0.2, 0.25) is 0 Å². The van der Waals surface area contributed by atoms with E-state index in [4.69, 9.17) is 16.3 Å². The van der Waals surface area contributed by atoms with E-state index in [1.165, 1.54) is 0 Å². The molecule has 0 bridgehead atoms. The molecule has 0 N–H and O–H groups in total. The molecule has 1 aromatic heterocycles. The highest BCUT2D eigenvalue weighted by molar-refractivity contribution is 6.18. The second-order valence-corrected chi connectivity index (χ2v) is 4.90. The molecule has 6 heteroatoms. The van der Waals surface area contributed by atoms with Gasteiger partial charge in [-0.25, -0.2) is 9.97 Å². The first-order valence-corrected chi connectivity index (χ1v) is 7.35. The third kappa shape index (κ3) is 4.21. The molecule has 0 radical (unpaired) electrons. The molecule has 0 aromatic carbocycles. The largest absolute Gasteiger partial charge is 0.478 e. The van der Waals surface area contributed by atoms with E-state index in [1.54, 1.807) is 6.33 Å². The number of rotatable bonds is 5. The molecule has 19 heavy (non-hydrogen) atoms. The highest BCUT2D eigenvalue weighted by Crippen LogP contribution is 2.17. The van der Waals surface area contributed by atoms with Gasteiger partial charge in [-0.15, -0.1) is 11.6 Å². The van der Waals surface area contributed by atoms with Gasteiger partial charge in [-0.3, -0.25) is 0 Å². The molecule has 2 heterocycles. The van der Waals surface area contributed by atoms with Crippen LogP contribution in [-0.4, -0.2) is 60.1 Å². The summed E-state index contributed by atoms with van der Waals surface area (Å²) in [6, 6.07) is 1.92. The van der Waals surface area contributed by atoms with Crippen LogP contribution < -0.4 is 9.64 Å². The van der Waals surface area contributed by atoms with Gasteiger partial charge in [0.1, 0.15) is 12.1 Å². The van der Waals surface area contributed by atoms with Gasteiger partial charge in [0, 0.05) is 38.1 Å². The monoisotopic (exact) mass is 284 g/mol. The summed E-state index contributed by atoms with van der Waals surface area (Å²) < 4.78 is 5.42. The zero-order valence-electron chi connectivity index (χ0n) is 11.4. The van der Waals surface area contributed by atoms with Crippen molar-refractivity contribution in [2.24, 2.45) is 0 Å². The first-order chi connectivity index (χ1) is 9.33. The summed E-state index contributed by atoms with van der Waals surface area (Å²) in [5.74, 6) is 2.29. The summed E-state index contributed by atoms with van der Waals surface area (Å²) in [5.41, 5.74) is 0. The average Bonchev–Trinajstić information content (AvgIpc) is 2.66. The lowest BCUT2D eigenvalue weighted by Gasteiger charge is -2.22. The van der Waals surface area contributed by atoms with Gasteiger partial charge in [-0.1, -0.05) is 0 Å². The molecular weight excluding hydrogens is 264 g/mol. The molecule has 1 fully saturated rings. The van der Waals surface area contributed by atoms with Crippen LogP contribution in [0.5, 0.6) is 5.88 Å². The maximum Gasteiger partial charge on any atom is 0.218 e. The lowest BCUT2D eigenvalue weighted by molar-refractivity contribution is 0.311. The quantitative estimate of drug-likeness (QED) is 0.769. The van der Waals surface area contributed by atoms with Crippen molar-refractivity contribution in [1.29, 1.82) is 0 Å². The van der Waals surface area contributed by atoms with Gasteiger partial charge in [0.2, 0.25) is 5.88 Å². The summed E-state index contributed by atoms with van der Waals surface area (Å²) in [6.45, 7) is 7.66. The Bertz CT molecular complexity index is 391. The van der Waals surface area contributed by atoms with Gasteiger partial charge in [0.05, 0.1) is 6.61 Å². The third-order valence-electron chi connectivity index (χ3n) is 3.23. The minimum absolute atomic E-state index is 0.625. The molecule has 0 saturated carbocycles. The van der Waals surface area contributed by atoms with Crippen molar-refractivity contribution in [2.45, 2.75) is 13.3 Å². The van der Waals surface area contributed by atoms with Gasteiger partial charge in [-0.2, -0.15) is 0 Å². The van der Waals surface area contributed by atoms with E-state index in [-0.39, 0.29) is 0 Å². The number of aromatic nitrogens is 2. The van der Waals surface area contributed by atoms with Gasteiger partial charge in [-0.05, 0) is 19.9 Å². The Kier molecular flexibility index (Phi) is 5.66. The maximum atomic E-state index is 5.80. The van der Waals surface area contributed by atoms with E-state index in [0.29, 0.717) is 18.4 Å². The van der Waals surface area contributed by atoms with Crippen LogP contribution in [0.1, 0.15) is 13.3 Å². The number of halogens is 1. The van der Waals surface area contributed by atoms with Crippen LogP contribution in [0.15, 0.2) is 12.4 Å². The summed E-state index contributed by atoms with van der Waals surface area (Å²) in [7, 11) is 0. The summed E-state index contributed by atoms with van der Waals surface area (Å²) >= 11 is 5.80. The highest BCUT2D eigenvalue weighted by Gasteiger charge is 2.16. The SMILES string of the molecule is CCOc1cc(N2CCCN(CCCl)CC2)ncn1. The van der Waals surface area contributed by atoms with Crippen LogP contribution in [0.4, 0.5) is 5.82 Å². The number of hydrogen-bond donors (Lipinski definition) is 0. The minimum atomic E-state index is 0.625. The first-order valence-electron chi connectivity index (χ1n) is 6.81. The van der Waals surface area contributed by atoms with E-state index < -0.39 is 0 Å². The number of hydrogen-bond acceptors (Lipinski definition) is 5. The predicted molar refractivity (Wildman–Crippen MR) is 77.2 cm³/mol. The third-order valence-corrected chi connectivity index (χ3v) is 3.40. The Hall–Kier alpha value is -1.07. The Morgan fingerprint density at radius 1 is 1.26 bits per heavy atom. The average molecular weight is 285 g/mol. The van der Waals surface area contributed by atoms with Gasteiger partial charge >= 0.3 is 0 Å². The summed E-state index contributed by atoms with van der Waals surface area (Å²) in [5, 5.41) is 0. The van der Waals surface area contributed by atoms with E-state index in [9.17, 15) is 0 Å². The molecule has 2 rings (SSSR count). The van der Waals surface area contributed by atoms with E-state index in [2.05, 4.69) is 19.8 Å². The van der Waals surface area contributed by atoms with E-state index >= 15 is 0 Å². The predicted octanol–water partition coefficient (Wildman–Crippen LogP) is 1.63. The second kappa shape index (κ2) is 7.50. The van der Waals surface area contributed by atoms with Crippen molar-refractivity contribution in [3.63, 3.8) is 0 Å². The molecule has 1 aliphatic rings. The van der Waals surface area contributed by atoms with Gasteiger partial charge < -0.3 is 14.5 Å². The summed E-state index contributed by atoms with van der Waals surface area (Å²) in [4.78, 5) is 13.1. The zero-order valence-corrected chi connectivity index (χ0v) is 12.1. The molecule has 0 atom stereocenters. The van der Waals surface area contributed by atoms with Crippen LogP contribution in [-0.2, 0) is 0 Å². The fraction of sp³-hybridized carbons (Fsp3) is 0.692. The number of ether oxygens (including phenoxy) is 1. The Morgan fingerprint density at radius 2 is 2.16 bits per heavy atom. The standard InChI is InChI=1S/C13H21ClN4O/c1-2-19-13-10-12(15-11-16-13)18-6-3-5-17(7-4-14)8-9-18/h10-11H,2-9H2,1H3. The van der Waals surface area contributed by atoms with Gasteiger partial charge in [0.25, 0.3) is 0 Å². The molecule has 1 saturated heterocycles. The second-order valence-electron chi connectivity index (χ2n) is 4.52. The zero-order chi connectivity index (χ0) is 13.5. The molecule has 0 amide bonds. The first kappa shape index (κ1) is 14.3. The molecular formula is C13H21ClN4O. The van der Waals surface area contributed by atoms with Crippen molar-refractivity contribution in [2.75, 3.05) is 50.1 Å². The van der Waals surface area contributed by atoms with Crippen molar-refractivity contribution in [3.05, 3.63) is 12.4 Å². The van der Waals surface area contributed by atoms with Crippen molar-refractivity contribution >= 4 is 17.4 Å². The van der Waals surface area contributed by atoms with Crippen molar-refractivity contribution in [3.8, 4) is 5.88 Å². The van der Waals surface area contributed by atoms with Gasteiger partial charge in [0.15, 0.2) is 0 Å². The summed E-state index contributed by atoms with van der Waals surface area (Å²) in [6.07, 6.45) is 2.70. The molecule has 106 valence electrons. The smallest absolute Gasteiger partial charge is 0.218 e. The lowest BCUT2D eigenvalue weighted by Crippen LogP contribution is -2.32. The number of anilines is 1. The molecule has 1 aliphatic heterocycles. The van der Waals surface area contributed by atoms with Crippen LogP contribution in [0, 0.1) is 0 Å². The van der Waals surface area contributed by atoms with Crippen LogP contribution >= 0.6 is 11.6 Å². The molecule has 1 aromatic rings. The molecule has 5 nitrogen and oxygen atoms in total. The topological polar surface area (TPSA) is 41.5 Å². The van der Waals surface area contributed by atoms with Crippen LogP contribution in [0.25, 0.3) is 0 Å². The highest BCUT2D eigenvalue weighted by atomic mass is 35.5. The Labute approximate surface area is 119 Å². The molecule has 0 unspecified atom stereocenters. The fourth-order valence-corrected chi connectivity index (χ4v) is 2.51. The maximum absolute atomic E-state index is 5.80. The van der Waals surface area contributed by atoms with E-state index in [0.717, 1.165) is 45.0 Å². The fourth-order valence-electron chi connectivity index (χ4n) is 2.27. The molecule has 0 aliphatic carbocycles. The van der Waals surface area contributed by atoms with E-state index in [1.807, 2.05) is 13.0 Å². The molecule has 0 spiro atoms.